The Bertz CT molecular complexity index is 1810. The van der Waals surface area contributed by atoms with Crippen LogP contribution < -0.4 is 4.90 Å². The lowest BCUT2D eigenvalue weighted by Gasteiger charge is -2.31. The SMILES string of the molecule is O=C(OCC(=O)N(CCO)CCO)c1cc(F)c2nc(N3CCC(OC(=O)c4c(-c5c(Cl)cccc5Cl)noc4C4CC4)CC3)sc2c1. The number of aliphatic hydroxyl groups excluding tert-OH is 2. The van der Waals surface area contributed by atoms with Gasteiger partial charge in [-0.3, -0.25) is 4.79 Å². The number of amides is 1. The van der Waals surface area contributed by atoms with Gasteiger partial charge in [0.05, 0.1) is 33.5 Å². The molecule has 3 heterocycles. The summed E-state index contributed by atoms with van der Waals surface area (Å²) < 4.78 is 32.1. The molecule has 1 aliphatic carbocycles. The van der Waals surface area contributed by atoms with Crippen molar-refractivity contribution in [1.29, 1.82) is 0 Å². The summed E-state index contributed by atoms with van der Waals surface area (Å²) >= 11 is 14.1. The van der Waals surface area contributed by atoms with Gasteiger partial charge in [-0.2, -0.15) is 0 Å². The first kappa shape index (κ1) is 34.1. The van der Waals surface area contributed by atoms with Gasteiger partial charge in [-0.15, -0.1) is 0 Å². The van der Waals surface area contributed by atoms with Gasteiger partial charge in [0, 0.05) is 50.5 Å². The predicted molar refractivity (Wildman–Crippen MR) is 175 cm³/mol. The van der Waals surface area contributed by atoms with Gasteiger partial charge < -0.3 is 34.0 Å². The summed E-state index contributed by atoms with van der Waals surface area (Å²) in [6, 6.07) is 7.50. The average molecular weight is 722 g/mol. The van der Waals surface area contributed by atoms with Gasteiger partial charge in [-0.25, -0.2) is 19.0 Å². The third kappa shape index (κ3) is 7.27. The van der Waals surface area contributed by atoms with Crippen LogP contribution in [0.25, 0.3) is 21.5 Å². The fourth-order valence-corrected chi connectivity index (χ4v) is 7.18. The number of halogens is 3. The number of esters is 2. The molecule has 1 saturated carbocycles. The molecule has 16 heteroatoms. The zero-order chi connectivity index (χ0) is 33.9. The molecule has 6 rings (SSSR count). The highest BCUT2D eigenvalue weighted by atomic mass is 35.5. The summed E-state index contributed by atoms with van der Waals surface area (Å²) in [5.74, 6) is -2.21. The first-order valence-corrected chi connectivity index (χ1v) is 16.9. The molecule has 1 amide bonds. The van der Waals surface area contributed by atoms with Crippen molar-refractivity contribution in [3.8, 4) is 11.3 Å². The third-order valence-corrected chi connectivity index (χ3v) is 9.84. The van der Waals surface area contributed by atoms with Crippen molar-refractivity contribution >= 4 is 67.7 Å². The molecule has 1 aliphatic heterocycles. The number of piperidine rings is 1. The Hall–Kier alpha value is -3.82. The molecule has 2 N–H and O–H groups in total. The molecule has 0 bridgehead atoms. The van der Waals surface area contributed by atoms with Gasteiger partial charge in [-0.1, -0.05) is 45.8 Å². The van der Waals surface area contributed by atoms with Crippen molar-refractivity contribution in [1.82, 2.24) is 15.0 Å². The van der Waals surface area contributed by atoms with E-state index in [1.807, 2.05) is 4.90 Å². The van der Waals surface area contributed by atoms with Gasteiger partial charge in [0.1, 0.15) is 22.9 Å². The number of benzene rings is 2. The van der Waals surface area contributed by atoms with E-state index in [1.54, 1.807) is 18.2 Å². The van der Waals surface area contributed by atoms with E-state index in [2.05, 4.69) is 10.1 Å². The van der Waals surface area contributed by atoms with Gasteiger partial charge in [0.25, 0.3) is 5.91 Å². The second kappa shape index (κ2) is 14.7. The van der Waals surface area contributed by atoms with Crippen LogP contribution in [0.3, 0.4) is 0 Å². The zero-order valence-corrected chi connectivity index (χ0v) is 27.8. The lowest BCUT2D eigenvalue weighted by Crippen LogP contribution is -2.38. The quantitative estimate of drug-likeness (QED) is 0.189. The maximum atomic E-state index is 15.1. The Morgan fingerprint density at radius 3 is 2.38 bits per heavy atom. The number of rotatable bonds is 12. The lowest BCUT2D eigenvalue weighted by molar-refractivity contribution is -0.135. The monoisotopic (exact) mass is 720 g/mol. The Morgan fingerprint density at radius 2 is 1.73 bits per heavy atom. The van der Waals surface area contributed by atoms with Gasteiger partial charge in [0.2, 0.25) is 0 Å². The Kier molecular flexibility index (Phi) is 10.5. The molecule has 0 atom stereocenters. The molecule has 254 valence electrons. The van der Waals surface area contributed by atoms with Gasteiger partial charge in [-0.05, 0) is 37.1 Å². The number of thiazole rings is 1. The largest absolute Gasteiger partial charge is 0.458 e. The number of hydrogen-bond acceptors (Lipinski definition) is 12. The second-order valence-corrected chi connectivity index (χ2v) is 13.3. The van der Waals surface area contributed by atoms with Crippen molar-refractivity contribution in [3.05, 3.63) is 63.1 Å². The highest BCUT2D eigenvalue weighted by Gasteiger charge is 2.38. The average Bonchev–Trinajstić information content (AvgIpc) is 3.67. The molecule has 1 saturated heterocycles. The summed E-state index contributed by atoms with van der Waals surface area (Å²) in [5, 5.41) is 23.6. The van der Waals surface area contributed by atoms with E-state index in [1.165, 1.54) is 17.4 Å². The molecule has 0 spiro atoms. The number of anilines is 1. The molecule has 48 heavy (non-hydrogen) atoms. The van der Waals surface area contributed by atoms with E-state index < -0.39 is 36.4 Å². The van der Waals surface area contributed by atoms with E-state index in [9.17, 15) is 14.4 Å². The summed E-state index contributed by atoms with van der Waals surface area (Å²) in [6.45, 7) is -0.339. The van der Waals surface area contributed by atoms with Crippen molar-refractivity contribution in [2.24, 2.45) is 0 Å². The number of carbonyl (C=O) groups is 3. The minimum absolute atomic E-state index is 0.0239. The molecule has 12 nitrogen and oxygen atoms in total. The number of nitrogens with zero attached hydrogens (tertiary/aromatic N) is 4. The predicted octanol–water partition coefficient (Wildman–Crippen LogP) is 5.07. The summed E-state index contributed by atoms with van der Waals surface area (Å²) in [4.78, 5) is 46.1. The van der Waals surface area contributed by atoms with Crippen LogP contribution in [0, 0.1) is 5.82 Å². The summed E-state index contributed by atoms with van der Waals surface area (Å²) in [7, 11) is 0. The van der Waals surface area contributed by atoms with Crippen molar-refractivity contribution in [2.75, 3.05) is 50.9 Å². The summed E-state index contributed by atoms with van der Waals surface area (Å²) in [6.07, 6.45) is 2.34. The van der Waals surface area contributed by atoms with Crippen LogP contribution in [-0.2, 0) is 14.3 Å². The summed E-state index contributed by atoms with van der Waals surface area (Å²) in [5.41, 5.74) is 0.920. The van der Waals surface area contributed by atoms with Crippen LogP contribution >= 0.6 is 34.5 Å². The molecular weight excluding hydrogens is 690 g/mol. The number of ether oxygens (including phenoxy) is 2. The third-order valence-electron chi connectivity index (χ3n) is 8.15. The van der Waals surface area contributed by atoms with E-state index in [4.69, 9.17) is 47.4 Å². The van der Waals surface area contributed by atoms with Crippen LogP contribution in [-0.4, -0.2) is 95.2 Å². The smallest absolute Gasteiger partial charge is 0.344 e. The molecular formula is C32H31Cl2FN4O8S. The van der Waals surface area contributed by atoms with Crippen LogP contribution in [0.2, 0.25) is 10.0 Å². The van der Waals surface area contributed by atoms with Crippen molar-refractivity contribution in [3.63, 3.8) is 0 Å². The molecule has 0 unspecified atom stereocenters. The minimum Gasteiger partial charge on any atom is -0.458 e. The normalized spacial score (nSPS) is 15.1. The molecule has 2 aliphatic rings. The number of hydrogen-bond donors (Lipinski definition) is 2. The van der Waals surface area contributed by atoms with E-state index in [-0.39, 0.29) is 54.6 Å². The highest BCUT2D eigenvalue weighted by Crippen LogP contribution is 2.46. The zero-order valence-electron chi connectivity index (χ0n) is 25.5. The molecule has 2 aromatic carbocycles. The van der Waals surface area contributed by atoms with Crippen molar-refractivity contribution < 1.29 is 43.0 Å². The van der Waals surface area contributed by atoms with Crippen LogP contribution in [0.4, 0.5) is 9.52 Å². The minimum atomic E-state index is -0.896. The van der Waals surface area contributed by atoms with Crippen molar-refractivity contribution in [2.45, 2.75) is 37.7 Å². The van der Waals surface area contributed by atoms with Crippen LogP contribution in [0.5, 0.6) is 0 Å². The maximum absolute atomic E-state index is 15.1. The standard InChI is InChI=1S/C32H31Cl2FN4O8S/c33-20-2-1-3-21(34)25(20)28-26(29(47-37-28)17-4-5-17)31(44)46-19-6-8-39(9-7-19)32-36-27-22(35)14-18(15-23(27)48-32)30(43)45-16-24(42)38(10-12-40)11-13-41/h1-3,14-15,17,19,40-41H,4-13,16H2. The number of fused-ring (bicyclic) bond motifs is 1. The second-order valence-electron chi connectivity index (χ2n) is 11.4. The van der Waals surface area contributed by atoms with Gasteiger partial charge >= 0.3 is 11.9 Å². The molecule has 2 aromatic heterocycles. The Morgan fingerprint density at radius 1 is 1.04 bits per heavy atom. The van der Waals surface area contributed by atoms with Crippen LogP contribution in [0.1, 0.15) is 58.1 Å². The van der Waals surface area contributed by atoms with E-state index in [0.717, 1.165) is 23.8 Å². The number of aliphatic hydroxyl groups is 2. The fraction of sp³-hybridized carbons (Fsp3) is 0.406. The van der Waals surface area contributed by atoms with Crippen LogP contribution in [0.15, 0.2) is 34.9 Å². The Balaban J connectivity index is 1.10. The first-order chi connectivity index (χ1) is 23.2. The lowest BCUT2D eigenvalue weighted by atomic mass is 10.0. The number of carbonyl (C=O) groups excluding carboxylic acids is 3. The highest BCUT2D eigenvalue weighted by molar-refractivity contribution is 7.22. The maximum Gasteiger partial charge on any atom is 0.344 e. The topological polar surface area (TPSA) is 156 Å². The number of aromatic nitrogens is 2. The van der Waals surface area contributed by atoms with Gasteiger partial charge in [0.15, 0.2) is 23.3 Å². The first-order valence-electron chi connectivity index (χ1n) is 15.3. The Labute approximate surface area is 287 Å². The van der Waals surface area contributed by atoms with E-state index in [0.29, 0.717) is 57.1 Å². The molecule has 4 aromatic rings. The van der Waals surface area contributed by atoms with E-state index >= 15 is 4.39 Å². The fourth-order valence-electron chi connectivity index (χ4n) is 5.53. The molecule has 2 fully saturated rings. The molecule has 0 radical (unpaired) electrons.